The molecule has 0 unspecified atom stereocenters. The first-order valence-electron chi connectivity index (χ1n) is 4.88. The molecule has 0 saturated carbocycles. The van der Waals surface area contributed by atoms with Crippen LogP contribution in [0.3, 0.4) is 0 Å². The summed E-state index contributed by atoms with van der Waals surface area (Å²) < 4.78 is -0.795. The molecule has 0 spiro atoms. The number of hydrogen-bond acceptors (Lipinski definition) is 3. The highest BCUT2D eigenvalue weighted by Gasteiger charge is 2.40. The number of hydrogen-bond donors (Lipinski definition) is 2. The molecule has 1 aliphatic rings. The maximum absolute atomic E-state index is 11.1. The number of dihydropyridines is 1. The molecule has 2 N–H and O–H groups in total. The molecule has 0 aromatic carbocycles. The number of alkyl halides is 1. The van der Waals surface area contributed by atoms with Crippen LogP contribution < -0.4 is 5.32 Å². The number of halogens is 1. The van der Waals surface area contributed by atoms with Crippen LogP contribution in [0.25, 0.3) is 0 Å². The number of carboxylic acid groups (broad SMARTS) is 1. The minimum Gasteiger partial charge on any atom is -0.478 e. The van der Waals surface area contributed by atoms with Gasteiger partial charge in [0.2, 0.25) is 0 Å². The van der Waals surface area contributed by atoms with Crippen LogP contribution >= 0.6 is 15.9 Å². The number of allylic oxidation sites excluding steroid dienone is 2. The maximum Gasteiger partial charge on any atom is 0.336 e. The second-order valence-electron chi connectivity index (χ2n) is 3.18. The molecule has 0 amide bonds. The van der Waals surface area contributed by atoms with E-state index in [1.807, 2.05) is 18.7 Å². The van der Waals surface area contributed by atoms with Crippen molar-refractivity contribution in [3.05, 3.63) is 23.9 Å². The van der Waals surface area contributed by atoms with Crippen molar-refractivity contribution in [3.63, 3.8) is 0 Å². The summed E-state index contributed by atoms with van der Waals surface area (Å²) in [6.45, 7) is 5.50. The molecule has 0 saturated heterocycles. The molecule has 84 valence electrons. The molecule has 0 aliphatic carbocycles. The summed E-state index contributed by atoms with van der Waals surface area (Å²) in [6.07, 6.45) is 5.03. The third-order valence-corrected chi connectivity index (χ3v) is 3.58. The van der Waals surface area contributed by atoms with Crippen LogP contribution in [-0.2, 0) is 4.79 Å². The fourth-order valence-corrected chi connectivity index (χ4v) is 2.56. The van der Waals surface area contributed by atoms with Gasteiger partial charge in [-0.05, 0) is 47.4 Å². The van der Waals surface area contributed by atoms with Crippen LogP contribution in [0.5, 0.6) is 0 Å². The summed E-state index contributed by atoms with van der Waals surface area (Å²) >= 11 is 3.46. The standard InChI is InChI=1S/C10H15BrN2O2/c1-3-13(4-2)10(11)8(9(14)15)6-5-7-12-10/h5-7,12H,3-4H2,1-2H3,(H,14,15)/t10-/m0/s1. The minimum atomic E-state index is -0.921. The Bertz CT molecular complexity index is 311. The first-order chi connectivity index (χ1) is 7.06. The number of nitrogens with one attached hydrogen (secondary N) is 1. The first kappa shape index (κ1) is 12.3. The summed E-state index contributed by atoms with van der Waals surface area (Å²) in [7, 11) is 0. The molecule has 0 bridgehead atoms. The third-order valence-electron chi connectivity index (χ3n) is 2.42. The van der Waals surface area contributed by atoms with Gasteiger partial charge in [-0.25, -0.2) is 4.79 Å². The lowest BCUT2D eigenvalue weighted by molar-refractivity contribution is -0.133. The van der Waals surface area contributed by atoms with Crippen LogP contribution in [-0.4, -0.2) is 33.6 Å². The quantitative estimate of drug-likeness (QED) is 0.603. The Morgan fingerprint density at radius 2 is 2.20 bits per heavy atom. The summed E-state index contributed by atoms with van der Waals surface area (Å²) in [5, 5.41) is 12.2. The summed E-state index contributed by atoms with van der Waals surface area (Å²) in [6, 6.07) is 0. The van der Waals surface area contributed by atoms with E-state index in [4.69, 9.17) is 5.11 Å². The molecule has 0 aromatic heterocycles. The van der Waals surface area contributed by atoms with Gasteiger partial charge >= 0.3 is 5.97 Å². The van der Waals surface area contributed by atoms with Crippen molar-refractivity contribution in [2.75, 3.05) is 13.1 Å². The number of aliphatic carboxylic acids is 1. The second-order valence-corrected chi connectivity index (χ2v) is 4.33. The van der Waals surface area contributed by atoms with E-state index in [1.165, 1.54) is 0 Å². The molecule has 5 heteroatoms. The van der Waals surface area contributed by atoms with Crippen molar-refractivity contribution in [2.45, 2.75) is 18.4 Å². The zero-order valence-electron chi connectivity index (χ0n) is 8.83. The Hall–Kier alpha value is -0.810. The molecule has 1 atom stereocenters. The maximum atomic E-state index is 11.1. The number of rotatable bonds is 4. The van der Waals surface area contributed by atoms with Gasteiger partial charge in [0, 0.05) is 0 Å². The van der Waals surface area contributed by atoms with Crippen LogP contribution in [0, 0.1) is 0 Å². The second kappa shape index (κ2) is 4.81. The van der Waals surface area contributed by atoms with Crippen LogP contribution in [0.15, 0.2) is 23.9 Å². The Balaban J connectivity index is 3.05. The largest absolute Gasteiger partial charge is 0.478 e. The van der Waals surface area contributed by atoms with Crippen molar-refractivity contribution in [1.29, 1.82) is 0 Å². The Labute approximate surface area is 97.8 Å². The highest BCUT2D eigenvalue weighted by atomic mass is 79.9. The van der Waals surface area contributed by atoms with Crippen molar-refractivity contribution < 1.29 is 9.90 Å². The first-order valence-corrected chi connectivity index (χ1v) is 5.67. The van der Waals surface area contributed by atoms with Crippen molar-refractivity contribution in [3.8, 4) is 0 Å². The molecule has 1 rings (SSSR count). The van der Waals surface area contributed by atoms with E-state index in [9.17, 15) is 4.79 Å². The lowest BCUT2D eigenvalue weighted by atomic mass is 10.1. The van der Waals surface area contributed by atoms with Crippen LogP contribution in [0.4, 0.5) is 0 Å². The van der Waals surface area contributed by atoms with Gasteiger partial charge in [-0.15, -0.1) is 0 Å². The molecule has 1 heterocycles. The van der Waals surface area contributed by atoms with Crippen molar-refractivity contribution in [2.24, 2.45) is 0 Å². The Kier molecular flexibility index (Phi) is 3.93. The molecule has 0 radical (unpaired) electrons. The average molecular weight is 275 g/mol. The molecule has 0 fully saturated rings. The molecule has 0 aromatic rings. The number of likely N-dealkylation sites (N-methyl/N-ethyl adjacent to an activating group) is 1. The molecule has 4 nitrogen and oxygen atoms in total. The SMILES string of the molecule is CCN(CC)[C@@]1(Br)NC=CC=C1C(=O)O. The molecule has 15 heavy (non-hydrogen) atoms. The number of carbonyl (C=O) groups is 1. The van der Waals surface area contributed by atoms with Crippen molar-refractivity contribution >= 4 is 21.9 Å². The molecular formula is C10H15BrN2O2. The van der Waals surface area contributed by atoms with Gasteiger partial charge in [0.25, 0.3) is 0 Å². The van der Waals surface area contributed by atoms with Crippen molar-refractivity contribution in [1.82, 2.24) is 10.2 Å². The zero-order valence-corrected chi connectivity index (χ0v) is 10.4. The Morgan fingerprint density at radius 1 is 1.60 bits per heavy atom. The normalized spacial score (nSPS) is 24.9. The van der Waals surface area contributed by atoms with E-state index in [1.54, 1.807) is 18.4 Å². The lowest BCUT2D eigenvalue weighted by Crippen LogP contribution is -2.56. The predicted molar refractivity (Wildman–Crippen MR) is 62.6 cm³/mol. The summed E-state index contributed by atoms with van der Waals surface area (Å²) in [4.78, 5) is 13.1. The zero-order chi connectivity index (χ0) is 11.5. The van der Waals surface area contributed by atoms with E-state index in [0.29, 0.717) is 5.57 Å². The lowest BCUT2D eigenvalue weighted by Gasteiger charge is -2.40. The van der Waals surface area contributed by atoms with Gasteiger partial charge in [-0.2, -0.15) is 0 Å². The highest BCUT2D eigenvalue weighted by molar-refractivity contribution is 9.10. The van der Waals surface area contributed by atoms with Gasteiger partial charge in [0.1, 0.15) is 0 Å². The highest BCUT2D eigenvalue weighted by Crippen LogP contribution is 2.31. The smallest absolute Gasteiger partial charge is 0.336 e. The fraction of sp³-hybridized carbons (Fsp3) is 0.500. The van der Waals surface area contributed by atoms with Gasteiger partial charge in [-0.1, -0.05) is 13.8 Å². The monoisotopic (exact) mass is 274 g/mol. The van der Waals surface area contributed by atoms with E-state index in [-0.39, 0.29) is 0 Å². The van der Waals surface area contributed by atoms with E-state index in [0.717, 1.165) is 13.1 Å². The average Bonchev–Trinajstić information content (AvgIpc) is 2.19. The summed E-state index contributed by atoms with van der Waals surface area (Å²) in [5.41, 5.74) is 0.300. The van der Waals surface area contributed by atoms with Crippen LogP contribution in [0.1, 0.15) is 13.8 Å². The van der Waals surface area contributed by atoms with Gasteiger partial charge in [0.15, 0.2) is 4.57 Å². The fourth-order valence-electron chi connectivity index (χ4n) is 1.63. The van der Waals surface area contributed by atoms with Gasteiger partial charge < -0.3 is 10.4 Å². The molecular weight excluding hydrogens is 260 g/mol. The van der Waals surface area contributed by atoms with Crippen LogP contribution in [0.2, 0.25) is 0 Å². The van der Waals surface area contributed by atoms with E-state index < -0.39 is 10.5 Å². The number of nitrogens with zero attached hydrogens (tertiary/aromatic N) is 1. The third kappa shape index (κ3) is 2.23. The van der Waals surface area contributed by atoms with E-state index >= 15 is 0 Å². The Morgan fingerprint density at radius 3 is 2.67 bits per heavy atom. The minimum absolute atomic E-state index is 0.300. The van der Waals surface area contributed by atoms with E-state index in [2.05, 4.69) is 21.2 Å². The van der Waals surface area contributed by atoms with Gasteiger partial charge in [0.05, 0.1) is 5.57 Å². The van der Waals surface area contributed by atoms with Gasteiger partial charge in [-0.3, -0.25) is 4.90 Å². The molecule has 1 aliphatic heterocycles. The summed E-state index contributed by atoms with van der Waals surface area (Å²) in [5.74, 6) is -0.921. The number of carboxylic acids is 1. The predicted octanol–water partition coefficient (Wildman–Crippen LogP) is 1.50. The topological polar surface area (TPSA) is 52.6 Å².